The van der Waals surface area contributed by atoms with Crippen LogP contribution >= 0.6 is 0 Å². The van der Waals surface area contributed by atoms with E-state index in [-0.39, 0.29) is 0 Å². The molecule has 5 heteroatoms. The maximum Gasteiger partial charge on any atom is 0.242 e. The molecule has 0 aliphatic heterocycles. The third kappa shape index (κ3) is 4.98. The van der Waals surface area contributed by atoms with E-state index in [9.17, 15) is 8.42 Å². The highest BCUT2D eigenvalue weighted by atomic mass is 32.2. The Kier molecular flexibility index (Phi) is 6.04. The fourth-order valence-corrected chi connectivity index (χ4v) is 4.22. The lowest BCUT2D eigenvalue weighted by atomic mass is 10.0. The number of hydrogen-bond donors (Lipinski definition) is 0. The molecule has 1 fully saturated rings. The highest BCUT2D eigenvalue weighted by Gasteiger charge is 2.29. The summed E-state index contributed by atoms with van der Waals surface area (Å²) in [5, 5.41) is 0. The van der Waals surface area contributed by atoms with E-state index >= 15 is 0 Å². The average molecular weight is 387 g/mol. The normalized spacial score (nSPS) is 15.1. The van der Waals surface area contributed by atoms with Gasteiger partial charge in [0.2, 0.25) is 10.0 Å². The van der Waals surface area contributed by atoms with Gasteiger partial charge in [-0.1, -0.05) is 50.2 Å². The topological polar surface area (TPSA) is 40.6 Å². The van der Waals surface area contributed by atoms with Gasteiger partial charge in [0.15, 0.2) is 0 Å². The van der Waals surface area contributed by atoms with Gasteiger partial charge in [0.1, 0.15) is 0 Å². The van der Waals surface area contributed by atoms with Crippen molar-refractivity contribution < 1.29 is 8.42 Å². The second-order valence-electron chi connectivity index (χ2n) is 7.97. The predicted octanol–water partition coefficient (Wildman–Crippen LogP) is 4.22. The largest absolute Gasteiger partial charge is 0.292 e. The molecule has 0 saturated heterocycles. The van der Waals surface area contributed by atoms with Crippen LogP contribution in [0.15, 0.2) is 53.4 Å². The molecule has 0 bridgehead atoms. The Balaban J connectivity index is 1.75. The first-order chi connectivity index (χ1) is 12.8. The fraction of sp³-hybridized carbons (Fsp3) is 0.455. The van der Waals surface area contributed by atoms with E-state index in [1.54, 1.807) is 20.2 Å². The van der Waals surface area contributed by atoms with Crippen molar-refractivity contribution in [2.45, 2.75) is 56.6 Å². The molecule has 2 aromatic carbocycles. The van der Waals surface area contributed by atoms with Crippen molar-refractivity contribution in [1.29, 1.82) is 0 Å². The number of sulfonamides is 1. The summed E-state index contributed by atoms with van der Waals surface area (Å²) >= 11 is 0. The summed E-state index contributed by atoms with van der Waals surface area (Å²) in [5.74, 6) is 0.542. The molecule has 0 unspecified atom stereocenters. The summed E-state index contributed by atoms with van der Waals surface area (Å²) in [4.78, 5) is 2.83. The van der Waals surface area contributed by atoms with E-state index in [1.807, 2.05) is 18.2 Å². The lowest BCUT2D eigenvalue weighted by Gasteiger charge is -2.23. The lowest BCUT2D eigenvalue weighted by Crippen LogP contribution is -2.26. The van der Waals surface area contributed by atoms with Crippen LogP contribution in [-0.2, 0) is 23.1 Å². The molecule has 0 heterocycles. The van der Waals surface area contributed by atoms with Crippen molar-refractivity contribution in [3.63, 3.8) is 0 Å². The van der Waals surface area contributed by atoms with Gasteiger partial charge in [0.25, 0.3) is 0 Å². The zero-order valence-corrected chi connectivity index (χ0v) is 17.5. The molecule has 27 heavy (non-hydrogen) atoms. The third-order valence-electron chi connectivity index (χ3n) is 5.16. The van der Waals surface area contributed by atoms with Crippen LogP contribution in [0.25, 0.3) is 0 Å². The van der Waals surface area contributed by atoms with Crippen LogP contribution in [0.4, 0.5) is 0 Å². The first-order valence-electron chi connectivity index (χ1n) is 9.61. The molecular weight excluding hydrogens is 356 g/mol. The Hall–Kier alpha value is -1.69. The van der Waals surface area contributed by atoms with Crippen LogP contribution in [0.2, 0.25) is 0 Å². The van der Waals surface area contributed by atoms with Crippen molar-refractivity contribution in [2.75, 3.05) is 14.1 Å². The van der Waals surface area contributed by atoms with E-state index in [0.29, 0.717) is 16.9 Å². The third-order valence-corrected chi connectivity index (χ3v) is 6.97. The van der Waals surface area contributed by atoms with Crippen LogP contribution in [-0.4, -0.2) is 37.8 Å². The van der Waals surface area contributed by atoms with Crippen molar-refractivity contribution in [3.8, 4) is 0 Å². The van der Waals surface area contributed by atoms with Gasteiger partial charge in [-0.15, -0.1) is 0 Å². The first-order valence-corrected chi connectivity index (χ1v) is 11.1. The van der Waals surface area contributed by atoms with Gasteiger partial charge in [0, 0.05) is 33.2 Å². The fourth-order valence-electron chi connectivity index (χ4n) is 3.25. The van der Waals surface area contributed by atoms with Gasteiger partial charge in [-0.05, 0) is 47.6 Å². The second-order valence-corrected chi connectivity index (χ2v) is 10.1. The average Bonchev–Trinajstić information content (AvgIpc) is 3.47. The van der Waals surface area contributed by atoms with Gasteiger partial charge in [-0.25, -0.2) is 12.7 Å². The summed E-state index contributed by atoms with van der Waals surface area (Å²) < 4.78 is 26.1. The number of nitrogens with zero attached hydrogens (tertiary/aromatic N) is 2. The summed E-state index contributed by atoms with van der Waals surface area (Å²) in [5.41, 5.74) is 3.71. The summed E-state index contributed by atoms with van der Waals surface area (Å²) in [6.07, 6.45) is 2.44. The molecule has 0 amide bonds. The molecule has 0 N–H and O–H groups in total. The smallest absolute Gasteiger partial charge is 0.242 e. The quantitative estimate of drug-likeness (QED) is 0.682. The Bertz CT molecular complexity index is 869. The van der Waals surface area contributed by atoms with Gasteiger partial charge in [-0.2, -0.15) is 0 Å². The Labute approximate surface area is 163 Å². The van der Waals surface area contributed by atoms with Gasteiger partial charge < -0.3 is 0 Å². The van der Waals surface area contributed by atoms with Crippen molar-refractivity contribution in [3.05, 3.63) is 65.2 Å². The molecular formula is C22H30N2O2S. The highest BCUT2D eigenvalue weighted by molar-refractivity contribution is 7.89. The van der Waals surface area contributed by atoms with Crippen LogP contribution < -0.4 is 0 Å². The first kappa shape index (κ1) is 20.1. The maximum absolute atomic E-state index is 12.4. The molecule has 146 valence electrons. The highest BCUT2D eigenvalue weighted by Crippen LogP contribution is 2.30. The summed E-state index contributed by atoms with van der Waals surface area (Å²) in [6.45, 7) is 6.08. The van der Waals surface area contributed by atoms with E-state index in [4.69, 9.17) is 0 Å². The zero-order valence-electron chi connectivity index (χ0n) is 16.7. The molecule has 4 nitrogen and oxygen atoms in total. The van der Waals surface area contributed by atoms with E-state index < -0.39 is 10.0 Å². The summed E-state index contributed by atoms with van der Waals surface area (Å²) in [6, 6.07) is 16.8. The maximum atomic E-state index is 12.4. The van der Waals surface area contributed by atoms with Crippen LogP contribution in [0.5, 0.6) is 0 Å². The van der Waals surface area contributed by atoms with Gasteiger partial charge in [-0.3, -0.25) is 4.90 Å². The molecule has 0 atom stereocenters. The minimum Gasteiger partial charge on any atom is -0.292 e. The summed E-state index contributed by atoms with van der Waals surface area (Å²) in [7, 11) is -0.259. The number of rotatable bonds is 8. The van der Waals surface area contributed by atoms with Crippen molar-refractivity contribution >= 4 is 10.0 Å². The van der Waals surface area contributed by atoms with E-state index in [0.717, 1.165) is 18.7 Å². The Morgan fingerprint density at radius 2 is 1.59 bits per heavy atom. The molecule has 0 radical (unpaired) electrons. The van der Waals surface area contributed by atoms with Crippen molar-refractivity contribution in [2.24, 2.45) is 0 Å². The van der Waals surface area contributed by atoms with Gasteiger partial charge >= 0.3 is 0 Å². The molecule has 1 saturated carbocycles. The van der Waals surface area contributed by atoms with E-state index in [2.05, 4.69) is 43.0 Å². The van der Waals surface area contributed by atoms with E-state index in [1.165, 1.54) is 28.3 Å². The molecule has 1 aliphatic rings. The monoisotopic (exact) mass is 386 g/mol. The standard InChI is InChI=1S/C22H30N2O2S/c1-17(2)20-10-8-18(9-11-20)15-24(21-12-13-21)16-19-6-5-7-22(14-19)27(25,26)23(3)4/h5-11,14,17,21H,12-13,15-16H2,1-4H3. The molecule has 0 aromatic heterocycles. The predicted molar refractivity (Wildman–Crippen MR) is 110 cm³/mol. The van der Waals surface area contributed by atoms with Crippen LogP contribution in [0.1, 0.15) is 49.3 Å². The van der Waals surface area contributed by atoms with Crippen LogP contribution in [0.3, 0.4) is 0 Å². The van der Waals surface area contributed by atoms with Gasteiger partial charge in [0.05, 0.1) is 4.90 Å². The Morgan fingerprint density at radius 3 is 2.15 bits per heavy atom. The van der Waals surface area contributed by atoms with Crippen molar-refractivity contribution in [1.82, 2.24) is 9.21 Å². The Morgan fingerprint density at radius 1 is 0.963 bits per heavy atom. The minimum atomic E-state index is -3.40. The molecule has 3 rings (SSSR count). The number of hydrogen-bond acceptors (Lipinski definition) is 3. The van der Waals surface area contributed by atoms with Crippen LogP contribution in [0, 0.1) is 0 Å². The lowest BCUT2D eigenvalue weighted by molar-refractivity contribution is 0.245. The minimum absolute atomic E-state index is 0.363. The second kappa shape index (κ2) is 8.13. The molecule has 2 aromatic rings. The SMILES string of the molecule is CC(C)c1ccc(CN(Cc2cccc(S(=O)(=O)N(C)C)c2)C2CC2)cc1. The molecule has 1 aliphatic carbocycles. The molecule has 0 spiro atoms. The zero-order chi connectivity index (χ0) is 19.6. The number of benzene rings is 2.